The van der Waals surface area contributed by atoms with Crippen molar-refractivity contribution >= 4 is 41.6 Å². The molecule has 3 amide bonds. The molecule has 35 heavy (non-hydrogen) atoms. The number of carbonyl (C=O) groups is 4. The molecule has 0 spiro atoms. The van der Waals surface area contributed by atoms with E-state index in [0.717, 1.165) is 0 Å². The number of nitrogens with zero attached hydrogens (tertiary/aromatic N) is 3. The average molecular weight is 484 g/mol. The van der Waals surface area contributed by atoms with Gasteiger partial charge in [-0.3, -0.25) is 19.3 Å². The Bertz CT molecular complexity index is 1150. The monoisotopic (exact) mass is 484 g/mol. The highest BCUT2D eigenvalue weighted by atomic mass is 19.1. The number of furan rings is 1. The van der Waals surface area contributed by atoms with Gasteiger partial charge in [-0.05, 0) is 36.4 Å². The number of piperazine rings is 1. The molecule has 0 saturated carbocycles. The number of aldehydes is 1. The Morgan fingerprint density at radius 3 is 2.54 bits per heavy atom. The number of nitrogens with one attached hydrogen (secondary N) is 1. The minimum absolute atomic E-state index is 0.185. The van der Waals surface area contributed by atoms with E-state index in [0.29, 0.717) is 49.6 Å². The van der Waals surface area contributed by atoms with Gasteiger partial charge in [0, 0.05) is 39.2 Å². The second-order valence-electron chi connectivity index (χ2n) is 8.19. The molecule has 184 valence electrons. The number of hydrogen-bond acceptors (Lipinski definition) is 7. The van der Waals surface area contributed by atoms with Crippen LogP contribution in [-0.4, -0.2) is 74.5 Å². The van der Waals surface area contributed by atoms with Crippen LogP contribution in [0, 0.1) is 5.82 Å². The molecule has 0 unspecified atom stereocenters. The molecule has 0 aliphatic carbocycles. The molecule has 0 bridgehead atoms. The third kappa shape index (κ3) is 5.68. The summed E-state index contributed by atoms with van der Waals surface area (Å²) in [5.74, 6) is -0.317. The van der Waals surface area contributed by atoms with Gasteiger partial charge >= 0.3 is 6.09 Å². The lowest BCUT2D eigenvalue weighted by molar-refractivity contribution is -0.126. The van der Waals surface area contributed by atoms with Gasteiger partial charge in [-0.2, -0.15) is 0 Å². The van der Waals surface area contributed by atoms with E-state index in [1.165, 1.54) is 36.1 Å². The van der Waals surface area contributed by atoms with E-state index >= 15 is 0 Å². The number of halogens is 1. The molecule has 1 N–H and O–H groups in total. The zero-order chi connectivity index (χ0) is 24.9. The maximum Gasteiger partial charge on any atom is 0.414 e. The van der Waals surface area contributed by atoms with Crippen molar-refractivity contribution in [2.24, 2.45) is 0 Å². The Balaban J connectivity index is 1.33. The normalized spacial score (nSPS) is 18.2. The summed E-state index contributed by atoms with van der Waals surface area (Å²) in [6, 6.07) is 7.67. The summed E-state index contributed by atoms with van der Waals surface area (Å²) in [5.41, 5.74) is 0.756. The lowest BCUT2D eigenvalue weighted by atomic mass is 10.2. The molecule has 2 fully saturated rings. The van der Waals surface area contributed by atoms with Gasteiger partial charge in [-0.25, -0.2) is 9.18 Å². The summed E-state index contributed by atoms with van der Waals surface area (Å²) >= 11 is 0. The van der Waals surface area contributed by atoms with Gasteiger partial charge < -0.3 is 24.3 Å². The summed E-state index contributed by atoms with van der Waals surface area (Å²) < 4.78 is 25.4. The van der Waals surface area contributed by atoms with E-state index in [-0.39, 0.29) is 30.7 Å². The van der Waals surface area contributed by atoms with Crippen LogP contribution in [0.15, 0.2) is 40.8 Å². The highest BCUT2D eigenvalue weighted by Crippen LogP contribution is 2.28. The molecular weight excluding hydrogens is 459 g/mol. The van der Waals surface area contributed by atoms with Crippen LogP contribution >= 0.6 is 0 Å². The first-order valence-corrected chi connectivity index (χ1v) is 11.1. The van der Waals surface area contributed by atoms with E-state index in [9.17, 15) is 23.6 Å². The van der Waals surface area contributed by atoms with Crippen LogP contribution < -0.4 is 15.1 Å². The van der Waals surface area contributed by atoms with Gasteiger partial charge in [0.15, 0.2) is 12.0 Å². The quantitative estimate of drug-likeness (QED) is 0.473. The summed E-state index contributed by atoms with van der Waals surface area (Å²) in [4.78, 5) is 51.2. The van der Waals surface area contributed by atoms with Crippen LogP contribution in [0.2, 0.25) is 0 Å². The largest absolute Gasteiger partial charge is 0.454 e. The third-order valence-corrected chi connectivity index (χ3v) is 5.78. The second kappa shape index (κ2) is 10.4. The average Bonchev–Trinajstić information content (AvgIpc) is 3.47. The predicted molar refractivity (Wildman–Crippen MR) is 125 cm³/mol. The fourth-order valence-electron chi connectivity index (χ4n) is 3.96. The maximum atomic E-state index is 15.0. The number of ether oxygens (including phenoxy) is 1. The Labute approximate surface area is 200 Å². The molecule has 1 atom stereocenters. The fraction of sp³-hybridized carbons (Fsp3) is 0.333. The van der Waals surface area contributed by atoms with Crippen molar-refractivity contribution in [3.05, 3.63) is 53.7 Å². The topological polar surface area (TPSA) is 112 Å². The predicted octanol–water partition coefficient (Wildman–Crippen LogP) is 2.05. The van der Waals surface area contributed by atoms with Gasteiger partial charge in [0.05, 0.1) is 24.5 Å². The molecule has 2 aliphatic rings. The summed E-state index contributed by atoms with van der Waals surface area (Å²) in [6.07, 6.45) is 2.38. The lowest BCUT2D eigenvalue weighted by Crippen LogP contribution is -2.48. The molecule has 11 heteroatoms. The smallest absolute Gasteiger partial charge is 0.414 e. The third-order valence-electron chi connectivity index (χ3n) is 5.78. The first-order chi connectivity index (χ1) is 16.8. The standard InChI is InChI=1S/C24H25FN4O6/c1-16(31)26-13-20-14-29(24(33)35-20)17-2-6-22(21(25)12-17)27-8-10-28(11-9-27)23(32)7-5-18-3-4-19(15-30)34-18/h2-7,12,15,20H,8-11,13-14H2,1H3,(H,26,31)/b7-5+/t20-/m0/s1. The van der Waals surface area contributed by atoms with Crippen LogP contribution in [0.5, 0.6) is 0 Å². The van der Waals surface area contributed by atoms with Crippen molar-refractivity contribution in [1.29, 1.82) is 0 Å². The molecule has 1 aromatic heterocycles. The Morgan fingerprint density at radius 1 is 1.14 bits per heavy atom. The Kier molecular flexibility index (Phi) is 7.14. The summed E-state index contributed by atoms with van der Waals surface area (Å²) in [5, 5.41) is 2.60. The highest BCUT2D eigenvalue weighted by molar-refractivity contribution is 5.92. The number of cyclic esters (lactones) is 1. The fourth-order valence-corrected chi connectivity index (χ4v) is 3.96. The molecular formula is C24H25FN4O6. The lowest BCUT2D eigenvalue weighted by Gasteiger charge is -2.36. The molecule has 2 aliphatic heterocycles. The number of amides is 3. The molecule has 2 saturated heterocycles. The van der Waals surface area contributed by atoms with E-state index in [1.54, 1.807) is 23.1 Å². The van der Waals surface area contributed by atoms with Crippen LogP contribution in [0.1, 0.15) is 23.2 Å². The van der Waals surface area contributed by atoms with Crippen molar-refractivity contribution in [3.8, 4) is 0 Å². The number of anilines is 2. The minimum atomic E-state index is -0.593. The number of rotatable bonds is 7. The Morgan fingerprint density at radius 2 is 1.89 bits per heavy atom. The molecule has 3 heterocycles. The van der Waals surface area contributed by atoms with E-state index in [2.05, 4.69) is 5.32 Å². The van der Waals surface area contributed by atoms with Crippen LogP contribution in [0.4, 0.5) is 20.6 Å². The van der Waals surface area contributed by atoms with Gasteiger partial charge in [0.25, 0.3) is 0 Å². The molecule has 4 rings (SSSR count). The van der Waals surface area contributed by atoms with Crippen molar-refractivity contribution in [1.82, 2.24) is 10.2 Å². The molecule has 1 aromatic carbocycles. The van der Waals surface area contributed by atoms with Gasteiger partial charge in [0.1, 0.15) is 17.7 Å². The minimum Gasteiger partial charge on any atom is -0.454 e. The second-order valence-corrected chi connectivity index (χ2v) is 8.19. The van der Waals surface area contributed by atoms with Gasteiger partial charge in [-0.1, -0.05) is 0 Å². The van der Waals surface area contributed by atoms with E-state index < -0.39 is 18.0 Å². The summed E-state index contributed by atoms with van der Waals surface area (Å²) in [7, 11) is 0. The van der Waals surface area contributed by atoms with Crippen LogP contribution in [-0.2, 0) is 14.3 Å². The zero-order valence-electron chi connectivity index (χ0n) is 19.1. The first-order valence-electron chi connectivity index (χ1n) is 11.1. The van der Waals surface area contributed by atoms with Crippen molar-refractivity contribution in [2.75, 3.05) is 49.1 Å². The van der Waals surface area contributed by atoms with E-state index in [4.69, 9.17) is 9.15 Å². The highest BCUT2D eigenvalue weighted by Gasteiger charge is 2.33. The van der Waals surface area contributed by atoms with Crippen molar-refractivity contribution in [3.63, 3.8) is 0 Å². The molecule has 0 radical (unpaired) electrons. The summed E-state index contributed by atoms with van der Waals surface area (Å²) in [6.45, 7) is 3.48. The molecule has 10 nitrogen and oxygen atoms in total. The Hall–Kier alpha value is -4.15. The van der Waals surface area contributed by atoms with E-state index in [1.807, 2.05) is 4.90 Å². The molecule has 2 aromatic rings. The van der Waals surface area contributed by atoms with Crippen molar-refractivity contribution in [2.45, 2.75) is 13.0 Å². The van der Waals surface area contributed by atoms with Crippen LogP contribution in [0.25, 0.3) is 6.08 Å². The van der Waals surface area contributed by atoms with Gasteiger partial charge in [-0.15, -0.1) is 0 Å². The SMILES string of the molecule is CC(=O)NC[C@H]1CN(c2ccc(N3CCN(C(=O)/C=C/c4ccc(C=O)o4)CC3)c(F)c2)C(=O)O1. The first kappa shape index (κ1) is 24.0. The van der Waals surface area contributed by atoms with Gasteiger partial charge in [0.2, 0.25) is 11.8 Å². The zero-order valence-corrected chi connectivity index (χ0v) is 19.1. The van der Waals surface area contributed by atoms with Crippen molar-refractivity contribution < 1.29 is 32.7 Å². The van der Waals surface area contributed by atoms with Crippen LogP contribution in [0.3, 0.4) is 0 Å². The maximum absolute atomic E-state index is 15.0. The number of hydrogen-bond donors (Lipinski definition) is 1. The number of carbonyl (C=O) groups excluding carboxylic acids is 4. The number of benzene rings is 1.